The van der Waals surface area contributed by atoms with E-state index in [-0.39, 0.29) is 5.91 Å². The average molecular weight is 243 g/mol. The third-order valence-electron chi connectivity index (χ3n) is 2.37. The van der Waals surface area contributed by atoms with Crippen molar-refractivity contribution < 1.29 is 9.53 Å². The topological polar surface area (TPSA) is 77.2 Å². The molecular formula is C13H13N3O2. The first-order chi connectivity index (χ1) is 8.69. The maximum atomic E-state index is 11.9. The second-order valence-corrected chi connectivity index (χ2v) is 3.66. The van der Waals surface area contributed by atoms with Crippen LogP contribution in [0.4, 0.5) is 11.5 Å². The van der Waals surface area contributed by atoms with Gasteiger partial charge in [0.1, 0.15) is 11.6 Å². The number of anilines is 2. The van der Waals surface area contributed by atoms with Crippen LogP contribution in [0.3, 0.4) is 0 Å². The molecule has 0 radical (unpaired) electrons. The predicted octanol–water partition coefficient (Wildman–Crippen LogP) is 1.92. The van der Waals surface area contributed by atoms with Crippen LogP contribution in [0.25, 0.3) is 0 Å². The van der Waals surface area contributed by atoms with Gasteiger partial charge in [-0.1, -0.05) is 6.07 Å². The van der Waals surface area contributed by atoms with Gasteiger partial charge in [-0.15, -0.1) is 0 Å². The number of methoxy groups -OCH3 is 1. The molecule has 0 aliphatic carbocycles. The van der Waals surface area contributed by atoms with Crippen LogP contribution in [-0.2, 0) is 0 Å². The molecule has 5 nitrogen and oxygen atoms in total. The molecule has 2 aromatic rings. The molecule has 1 amide bonds. The number of benzene rings is 1. The van der Waals surface area contributed by atoms with Crippen molar-refractivity contribution >= 4 is 17.4 Å². The van der Waals surface area contributed by atoms with Crippen LogP contribution in [0.1, 0.15) is 10.4 Å². The maximum Gasteiger partial charge on any atom is 0.255 e. The lowest BCUT2D eigenvalue weighted by Crippen LogP contribution is -2.12. The number of ether oxygens (including phenoxy) is 1. The Labute approximate surface area is 105 Å². The van der Waals surface area contributed by atoms with E-state index in [9.17, 15) is 4.79 Å². The standard InChI is InChI=1S/C13H13N3O2/c1-18-11-4-2-3-10(8-11)16-13(17)9-5-6-15-12(14)7-9/h2-8H,1H3,(H2,14,15)(H,16,17). The Hall–Kier alpha value is -2.56. The minimum Gasteiger partial charge on any atom is -0.497 e. The molecule has 2 rings (SSSR count). The lowest BCUT2D eigenvalue weighted by atomic mass is 10.2. The van der Waals surface area contributed by atoms with Crippen molar-refractivity contribution in [2.24, 2.45) is 0 Å². The Bertz CT molecular complexity index is 570. The number of aromatic nitrogens is 1. The van der Waals surface area contributed by atoms with Gasteiger partial charge >= 0.3 is 0 Å². The molecule has 0 atom stereocenters. The molecule has 0 aliphatic rings. The average Bonchev–Trinajstić information content (AvgIpc) is 2.39. The Kier molecular flexibility index (Phi) is 3.43. The predicted molar refractivity (Wildman–Crippen MR) is 69.6 cm³/mol. The third kappa shape index (κ3) is 2.76. The fourth-order valence-electron chi connectivity index (χ4n) is 1.49. The van der Waals surface area contributed by atoms with Crippen molar-refractivity contribution in [3.05, 3.63) is 48.2 Å². The first kappa shape index (κ1) is 11.9. The molecule has 0 saturated heterocycles. The number of pyridine rings is 1. The number of nitrogen functional groups attached to an aromatic ring is 1. The van der Waals surface area contributed by atoms with Gasteiger partial charge in [0.25, 0.3) is 5.91 Å². The van der Waals surface area contributed by atoms with E-state index in [2.05, 4.69) is 10.3 Å². The van der Waals surface area contributed by atoms with E-state index in [4.69, 9.17) is 10.5 Å². The van der Waals surface area contributed by atoms with Gasteiger partial charge in [0.05, 0.1) is 7.11 Å². The normalized spacial score (nSPS) is 9.83. The monoisotopic (exact) mass is 243 g/mol. The van der Waals surface area contributed by atoms with Gasteiger partial charge in [0, 0.05) is 23.5 Å². The third-order valence-corrected chi connectivity index (χ3v) is 2.37. The zero-order chi connectivity index (χ0) is 13.0. The Morgan fingerprint density at radius 1 is 1.33 bits per heavy atom. The van der Waals surface area contributed by atoms with Gasteiger partial charge in [-0.05, 0) is 24.3 Å². The van der Waals surface area contributed by atoms with Crippen LogP contribution in [0.2, 0.25) is 0 Å². The molecule has 0 aliphatic heterocycles. The molecule has 0 saturated carbocycles. The summed E-state index contributed by atoms with van der Waals surface area (Å²) in [5.41, 5.74) is 6.65. The van der Waals surface area contributed by atoms with E-state index in [1.807, 2.05) is 0 Å². The second kappa shape index (κ2) is 5.18. The van der Waals surface area contributed by atoms with Gasteiger partial charge in [0.15, 0.2) is 0 Å². The number of hydrogen-bond acceptors (Lipinski definition) is 4. The zero-order valence-electron chi connectivity index (χ0n) is 9.88. The van der Waals surface area contributed by atoms with Crippen molar-refractivity contribution in [1.82, 2.24) is 4.98 Å². The molecular weight excluding hydrogens is 230 g/mol. The fraction of sp³-hybridized carbons (Fsp3) is 0.0769. The van der Waals surface area contributed by atoms with E-state index in [1.54, 1.807) is 37.4 Å². The van der Waals surface area contributed by atoms with Crippen LogP contribution < -0.4 is 15.8 Å². The summed E-state index contributed by atoms with van der Waals surface area (Å²) in [6.45, 7) is 0. The molecule has 3 N–H and O–H groups in total. The summed E-state index contributed by atoms with van der Waals surface area (Å²) in [6.07, 6.45) is 1.50. The first-order valence-electron chi connectivity index (χ1n) is 5.36. The summed E-state index contributed by atoms with van der Waals surface area (Å²) in [6, 6.07) is 10.3. The molecule has 1 aromatic heterocycles. The number of nitrogens with one attached hydrogen (secondary N) is 1. The van der Waals surface area contributed by atoms with Crippen molar-refractivity contribution in [3.63, 3.8) is 0 Å². The Morgan fingerprint density at radius 2 is 2.17 bits per heavy atom. The number of nitrogens with zero attached hydrogens (tertiary/aromatic N) is 1. The molecule has 1 heterocycles. The maximum absolute atomic E-state index is 11.9. The van der Waals surface area contributed by atoms with Gasteiger partial charge in [-0.2, -0.15) is 0 Å². The van der Waals surface area contributed by atoms with E-state index < -0.39 is 0 Å². The molecule has 0 unspecified atom stereocenters. The molecule has 92 valence electrons. The summed E-state index contributed by atoms with van der Waals surface area (Å²) in [7, 11) is 1.57. The van der Waals surface area contributed by atoms with Crippen LogP contribution in [0.15, 0.2) is 42.6 Å². The number of carbonyl (C=O) groups excluding carboxylic acids is 1. The highest BCUT2D eigenvalue weighted by molar-refractivity contribution is 6.04. The SMILES string of the molecule is COc1cccc(NC(=O)c2ccnc(N)c2)c1. The van der Waals surface area contributed by atoms with Gasteiger partial charge in [-0.3, -0.25) is 4.79 Å². The van der Waals surface area contributed by atoms with Gasteiger partial charge in [0.2, 0.25) is 0 Å². The van der Waals surface area contributed by atoms with Gasteiger partial charge in [-0.25, -0.2) is 4.98 Å². The summed E-state index contributed by atoms with van der Waals surface area (Å²) < 4.78 is 5.08. The van der Waals surface area contributed by atoms with E-state index >= 15 is 0 Å². The molecule has 0 spiro atoms. The van der Waals surface area contributed by atoms with Crippen LogP contribution >= 0.6 is 0 Å². The Balaban J connectivity index is 2.16. The molecule has 18 heavy (non-hydrogen) atoms. The van der Waals surface area contributed by atoms with Crippen LogP contribution in [0, 0.1) is 0 Å². The van der Waals surface area contributed by atoms with Crippen molar-refractivity contribution in [2.75, 3.05) is 18.2 Å². The fourth-order valence-corrected chi connectivity index (χ4v) is 1.49. The molecule has 0 bridgehead atoms. The first-order valence-corrected chi connectivity index (χ1v) is 5.36. The van der Waals surface area contributed by atoms with E-state index in [0.717, 1.165) is 0 Å². The molecule has 5 heteroatoms. The second-order valence-electron chi connectivity index (χ2n) is 3.66. The highest BCUT2D eigenvalue weighted by atomic mass is 16.5. The summed E-state index contributed by atoms with van der Waals surface area (Å²) in [4.78, 5) is 15.8. The summed E-state index contributed by atoms with van der Waals surface area (Å²) in [5.74, 6) is 0.757. The molecule has 0 fully saturated rings. The van der Waals surface area contributed by atoms with E-state index in [1.165, 1.54) is 12.3 Å². The lowest BCUT2D eigenvalue weighted by molar-refractivity contribution is 0.102. The number of amides is 1. The quantitative estimate of drug-likeness (QED) is 0.863. The minimum atomic E-state index is -0.239. The van der Waals surface area contributed by atoms with Crippen molar-refractivity contribution in [2.45, 2.75) is 0 Å². The largest absolute Gasteiger partial charge is 0.497 e. The summed E-state index contributed by atoms with van der Waals surface area (Å²) in [5, 5.41) is 2.76. The van der Waals surface area contributed by atoms with Crippen molar-refractivity contribution in [3.8, 4) is 5.75 Å². The van der Waals surface area contributed by atoms with Crippen LogP contribution in [-0.4, -0.2) is 18.0 Å². The highest BCUT2D eigenvalue weighted by Crippen LogP contribution is 2.17. The number of rotatable bonds is 3. The number of nitrogens with two attached hydrogens (primary N) is 1. The van der Waals surface area contributed by atoms with E-state index in [0.29, 0.717) is 22.8 Å². The minimum absolute atomic E-state index is 0.239. The van der Waals surface area contributed by atoms with Crippen molar-refractivity contribution in [1.29, 1.82) is 0 Å². The number of carbonyl (C=O) groups is 1. The van der Waals surface area contributed by atoms with Gasteiger partial charge < -0.3 is 15.8 Å². The Morgan fingerprint density at radius 3 is 2.89 bits per heavy atom. The lowest BCUT2D eigenvalue weighted by Gasteiger charge is -2.07. The highest BCUT2D eigenvalue weighted by Gasteiger charge is 2.06. The smallest absolute Gasteiger partial charge is 0.255 e. The molecule has 1 aromatic carbocycles. The zero-order valence-corrected chi connectivity index (χ0v) is 9.88. The van der Waals surface area contributed by atoms with Crippen LogP contribution in [0.5, 0.6) is 5.75 Å². The number of hydrogen-bond donors (Lipinski definition) is 2. The summed E-state index contributed by atoms with van der Waals surface area (Å²) >= 11 is 0.